The van der Waals surface area contributed by atoms with Gasteiger partial charge in [0.2, 0.25) is 0 Å². The molecule has 2 aromatic rings. The van der Waals surface area contributed by atoms with E-state index in [9.17, 15) is 0 Å². The summed E-state index contributed by atoms with van der Waals surface area (Å²) in [7, 11) is 0. The summed E-state index contributed by atoms with van der Waals surface area (Å²) in [5.41, 5.74) is 7.57. The van der Waals surface area contributed by atoms with Crippen molar-refractivity contribution in [3.63, 3.8) is 0 Å². The molecule has 0 aliphatic heterocycles. The largest absolute Gasteiger partial charge is 0.379 e. The van der Waals surface area contributed by atoms with Gasteiger partial charge in [-0.3, -0.25) is 0 Å². The molecule has 5 heteroatoms. The number of aromatic nitrogens is 2. The van der Waals surface area contributed by atoms with Gasteiger partial charge in [-0.05, 0) is 38.0 Å². The number of nitrogens with two attached hydrogens (primary N) is 1. The molecule has 0 aliphatic carbocycles. The molecule has 0 saturated carbocycles. The lowest BCUT2D eigenvalue weighted by atomic mass is 10.1. The van der Waals surface area contributed by atoms with Gasteiger partial charge in [0.05, 0.1) is 6.61 Å². The standard InChI is InChI=1S/C15H21N3O2/c1-4-11-6-8-12(9-7-11)13-17-14(18-20-13)15(3,16)10-19-5-2/h6-9H,4-5,10,16H2,1-3H3. The van der Waals surface area contributed by atoms with Crippen LogP contribution in [0.25, 0.3) is 11.5 Å². The first-order valence-electron chi connectivity index (χ1n) is 6.87. The second kappa shape index (κ2) is 6.15. The number of aryl methyl sites for hydroxylation is 1. The van der Waals surface area contributed by atoms with Gasteiger partial charge in [-0.25, -0.2) is 0 Å². The van der Waals surface area contributed by atoms with Crippen LogP contribution < -0.4 is 5.73 Å². The van der Waals surface area contributed by atoms with E-state index in [0.29, 0.717) is 24.9 Å². The van der Waals surface area contributed by atoms with E-state index >= 15 is 0 Å². The molecule has 1 aromatic carbocycles. The zero-order valence-electron chi connectivity index (χ0n) is 12.2. The molecule has 1 atom stereocenters. The first kappa shape index (κ1) is 14.7. The quantitative estimate of drug-likeness (QED) is 0.876. The van der Waals surface area contributed by atoms with Crippen LogP contribution >= 0.6 is 0 Å². The lowest BCUT2D eigenvalue weighted by Gasteiger charge is -2.19. The summed E-state index contributed by atoms with van der Waals surface area (Å²) in [6, 6.07) is 8.07. The lowest BCUT2D eigenvalue weighted by Crippen LogP contribution is -2.39. The maximum absolute atomic E-state index is 6.15. The van der Waals surface area contributed by atoms with E-state index < -0.39 is 5.54 Å². The molecule has 0 amide bonds. The predicted molar refractivity (Wildman–Crippen MR) is 77.1 cm³/mol. The maximum atomic E-state index is 6.15. The van der Waals surface area contributed by atoms with Gasteiger partial charge < -0.3 is 15.0 Å². The zero-order chi connectivity index (χ0) is 14.6. The number of hydrogen-bond donors (Lipinski definition) is 1. The van der Waals surface area contributed by atoms with E-state index in [1.165, 1.54) is 5.56 Å². The Morgan fingerprint density at radius 2 is 1.95 bits per heavy atom. The Hall–Kier alpha value is -1.72. The van der Waals surface area contributed by atoms with Crippen LogP contribution in [-0.4, -0.2) is 23.4 Å². The molecule has 1 aromatic heterocycles. The van der Waals surface area contributed by atoms with Gasteiger partial charge >= 0.3 is 0 Å². The van der Waals surface area contributed by atoms with Crippen LogP contribution in [0, 0.1) is 0 Å². The molecule has 108 valence electrons. The van der Waals surface area contributed by atoms with Crippen molar-refractivity contribution in [2.75, 3.05) is 13.2 Å². The molecule has 0 radical (unpaired) electrons. The molecule has 1 unspecified atom stereocenters. The molecule has 0 saturated heterocycles. The third-order valence-electron chi connectivity index (χ3n) is 3.15. The van der Waals surface area contributed by atoms with Crippen LogP contribution in [0.15, 0.2) is 28.8 Å². The first-order chi connectivity index (χ1) is 9.56. The van der Waals surface area contributed by atoms with Crippen LogP contribution in [-0.2, 0) is 16.7 Å². The van der Waals surface area contributed by atoms with Gasteiger partial charge in [-0.2, -0.15) is 4.98 Å². The van der Waals surface area contributed by atoms with E-state index in [1.54, 1.807) is 0 Å². The van der Waals surface area contributed by atoms with Crippen molar-refractivity contribution in [2.24, 2.45) is 5.73 Å². The second-order valence-electron chi connectivity index (χ2n) is 5.03. The molecule has 5 nitrogen and oxygen atoms in total. The van der Waals surface area contributed by atoms with Gasteiger partial charge in [-0.15, -0.1) is 0 Å². The number of hydrogen-bond acceptors (Lipinski definition) is 5. The fraction of sp³-hybridized carbons (Fsp3) is 0.467. The summed E-state index contributed by atoms with van der Waals surface area (Å²) in [5, 5.41) is 3.97. The third kappa shape index (κ3) is 3.23. The van der Waals surface area contributed by atoms with Crippen molar-refractivity contribution in [1.29, 1.82) is 0 Å². The minimum Gasteiger partial charge on any atom is -0.379 e. The second-order valence-corrected chi connectivity index (χ2v) is 5.03. The molecule has 1 heterocycles. The van der Waals surface area contributed by atoms with Crippen LogP contribution in [0.2, 0.25) is 0 Å². The van der Waals surface area contributed by atoms with Gasteiger partial charge in [0, 0.05) is 12.2 Å². The lowest BCUT2D eigenvalue weighted by molar-refractivity contribution is 0.0962. The van der Waals surface area contributed by atoms with Gasteiger partial charge in [0.1, 0.15) is 5.54 Å². The highest BCUT2D eigenvalue weighted by atomic mass is 16.5. The summed E-state index contributed by atoms with van der Waals surface area (Å²) in [6.07, 6.45) is 1.00. The minimum absolute atomic E-state index is 0.358. The molecule has 2 N–H and O–H groups in total. The molecule has 0 fully saturated rings. The predicted octanol–water partition coefficient (Wildman–Crippen LogP) is 2.51. The highest BCUT2D eigenvalue weighted by Crippen LogP contribution is 2.22. The molecule has 0 bridgehead atoms. The zero-order valence-corrected chi connectivity index (χ0v) is 12.2. The van der Waals surface area contributed by atoms with Gasteiger partial charge in [0.25, 0.3) is 5.89 Å². The van der Waals surface area contributed by atoms with Crippen molar-refractivity contribution in [2.45, 2.75) is 32.7 Å². The van der Waals surface area contributed by atoms with E-state index in [2.05, 4.69) is 29.2 Å². The van der Waals surface area contributed by atoms with Crippen molar-refractivity contribution in [3.05, 3.63) is 35.7 Å². The Morgan fingerprint density at radius 3 is 2.55 bits per heavy atom. The summed E-state index contributed by atoms with van der Waals surface area (Å²) in [4.78, 5) is 4.38. The Morgan fingerprint density at radius 1 is 1.25 bits per heavy atom. The minimum atomic E-state index is -0.749. The van der Waals surface area contributed by atoms with Crippen LogP contribution in [0.3, 0.4) is 0 Å². The van der Waals surface area contributed by atoms with Crippen LogP contribution in [0.1, 0.15) is 32.2 Å². The normalized spacial score (nSPS) is 14.2. The third-order valence-corrected chi connectivity index (χ3v) is 3.15. The van der Waals surface area contributed by atoms with E-state index in [-0.39, 0.29) is 0 Å². The van der Waals surface area contributed by atoms with Gasteiger partial charge in [-0.1, -0.05) is 24.2 Å². The monoisotopic (exact) mass is 275 g/mol. The number of nitrogens with zero attached hydrogens (tertiary/aromatic N) is 2. The molecule has 20 heavy (non-hydrogen) atoms. The smallest absolute Gasteiger partial charge is 0.257 e. The fourth-order valence-corrected chi connectivity index (χ4v) is 1.83. The number of rotatable bonds is 6. The van der Waals surface area contributed by atoms with E-state index in [1.807, 2.05) is 26.0 Å². The average Bonchev–Trinajstić information content (AvgIpc) is 2.96. The molecule has 0 aliphatic rings. The van der Waals surface area contributed by atoms with Crippen LogP contribution in [0.5, 0.6) is 0 Å². The Kier molecular flexibility index (Phi) is 4.52. The van der Waals surface area contributed by atoms with E-state index in [0.717, 1.165) is 12.0 Å². The Bertz CT molecular complexity index is 547. The summed E-state index contributed by atoms with van der Waals surface area (Å²) >= 11 is 0. The number of ether oxygens (including phenoxy) is 1. The molecule has 0 spiro atoms. The van der Waals surface area contributed by atoms with Crippen LogP contribution in [0.4, 0.5) is 0 Å². The maximum Gasteiger partial charge on any atom is 0.257 e. The Balaban J connectivity index is 2.19. The van der Waals surface area contributed by atoms with E-state index in [4.69, 9.17) is 15.0 Å². The summed E-state index contributed by atoms with van der Waals surface area (Å²) in [6.45, 7) is 6.84. The topological polar surface area (TPSA) is 74.2 Å². The summed E-state index contributed by atoms with van der Waals surface area (Å²) in [5.74, 6) is 0.941. The summed E-state index contributed by atoms with van der Waals surface area (Å²) < 4.78 is 10.6. The highest BCUT2D eigenvalue weighted by Gasteiger charge is 2.28. The first-order valence-corrected chi connectivity index (χ1v) is 6.87. The van der Waals surface area contributed by atoms with Crippen molar-refractivity contribution in [3.8, 4) is 11.5 Å². The molecular formula is C15H21N3O2. The highest BCUT2D eigenvalue weighted by molar-refractivity contribution is 5.53. The Labute approximate surface area is 119 Å². The average molecular weight is 275 g/mol. The SMILES string of the molecule is CCOCC(C)(N)c1noc(-c2ccc(CC)cc2)n1. The van der Waals surface area contributed by atoms with Crippen molar-refractivity contribution < 1.29 is 9.26 Å². The fourth-order valence-electron chi connectivity index (χ4n) is 1.83. The van der Waals surface area contributed by atoms with Crippen molar-refractivity contribution >= 4 is 0 Å². The molecular weight excluding hydrogens is 254 g/mol. The van der Waals surface area contributed by atoms with Gasteiger partial charge in [0.15, 0.2) is 5.82 Å². The number of benzene rings is 1. The molecule has 2 rings (SSSR count). The van der Waals surface area contributed by atoms with Crippen molar-refractivity contribution in [1.82, 2.24) is 10.1 Å².